The standard InChI is InChI=1S/C9H15N3O/c1-6(13)8-10-9(12-11-8)7-4-2-3-5-7/h6-7,13H,2-5H2,1H3,(H,10,11,12). The monoisotopic (exact) mass is 181 g/mol. The van der Waals surface area contributed by atoms with Crippen LogP contribution in [0.3, 0.4) is 0 Å². The van der Waals surface area contributed by atoms with Crippen molar-refractivity contribution in [2.24, 2.45) is 0 Å². The van der Waals surface area contributed by atoms with Gasteiger partial charge in [-0.2, -0.15) is 5.10 Å². The van der Waals surface area contributed by atoms with Crippen LogP contribution < -0.4 is 0 Å². The van der Waals surface area contributed by atoms with Crippen LogP contribution in [-0.2, 0) is 0 Å². The lowest BCUT2D eigenvalue weighted by Gasteiger charge is -2.02. The van der Waals surface area contributed by atoms with E-state index < -0.39 is 6.10 Å². The van der Waals surface area contributed by atoms with Crippen LogP contribution >= 0.6 is 0 Å². The van der Waals surface area contributed by atoms with Crippen molar-refractivity contribution in [2.45, 2.75) is 44.6 Å². The SMILES string of the molecule is CC(O)c1n[nH]c(C2CCCC2)n1. The van der Waals surface area contributed by atoms with Gasteiger partial charge in [0.1, 0.15) is 11.9 Å². The minimum absolute atomic E-state index is 0.516. The normalized spacial score (nSPS) is 20.8. The van der Waals surface area contributed by atoms with E-state index in [2.05, 4.69) is 15.2 Å². The average molecular weight is 181 g/mol. The van der Waals surface area contributed by atoms with Gasteiger partial charge in [-0.3, -0.25) is 5.10 Å². The molecule has 72 valence electrons. The highest BCUT2D eigenvalue weighted by Crippen LogP contribution is 2.32. The molecule has 2 N–H and O–H groups in total. The van der Waals surface area contributed by atoms with Crippen LogP contribution in [0.15, 0.2) is 0 Å². The maximum Gasteiger partial charge on any atom is 0.178 e. The first-order valence-corrected chi connectivity index (χ1v) is 4.87. The highest BCUT2D eigenvalue weighted by atomic mass is 16.3. The first kappa shape index (κ1) is 8.69. The van der Waals surface area contributed by atoms with E-state index in [4.69, 9.17) is 0 Å². The Morgan fingerprint density at radius 2 is 2.15 bits per heavy atom. The van der Waals surface area contributed by atoms with E-state index in [-0.39, 0.29) is 0 Å². The number of hydrogen-bond donors (Lipinski definition) is 2. The van der Waals surface area contributed by atoms with Gasteiger partial charge >= 0.3 is 0 Å². The number of rotatable bonds is 2. The Balaban J connectivity index is 2.12. The molecule has 4 nitrogen and oxygen atoms in total. The molecule has 0 aromatic carbocycles. The second-order valence-corrected chi connectivity index (χ2v) is 3.74. The summed E-state index contributed by atoms with van der Waals surface area (Å²) in [5, 5.41) is 16.1. The van der Waals surface area contributed by atoms with Crippen molar-refractivity contribution in [3.05, 3.63) is 11.6 Å². The molecule has 0 radical (unpaired) electrons. The molecule has 1 aromatic rings. The average Bonchev–Trinajstić information content (AvgIpc) is 2.75. The van der Waals surface area contributed by atoms with E-state index in [9.17, 15) is 5.11 Å². The Labute approximate surface area is 77.4 Å². The fourth-order valence-electron chi connectivity index (χ4n) is 1.86. The van der Waals surface area contributed by atoms with Crippen LogP contribution in [0.25, 0.3) is 0 Å². The fraction of sp³-hybridized carbons (Fsp3) is 0.778. The van der Waals surface area contributed by atoms with Crippen LogP contribution in [0.2, 0.25) is 0 Å². The number of nitrogens with one attached hydrogen (secondary N) is 1. The van der Waals surface area contributed by atoms with Gasteiger partial charge in [-0.1, -0.05) is 12.8 Å². The fourth-order valence-corrected chi connectivity index (χ4v) is 1.86. The Kier molecular flexibility index (Phi) is 2.31. The summed E-state index contributed by atoms with van der Waals surface area (Å²) in [5.41, 5.74) is 0. The smallest absolute Gasteiger partial charge is 0.178 e. The molecular formula is C9H15N3O. The number of nitrogens with zero attached hydrogens (tertiary/aromatic N) is 2. The Morgan fingerprint density at radius 1 is 1.46 bits per heavy atom. The maximum atomic E-state index is 9.23. The molecule has 1 aliphatic carbocycles. The van der Waals surface area contributed by atoms with E-state index in [0.717, 1.165) is 5.82 Å². The molecule has 1 aromatic heterocycles. The van der Waals surface area contributed by atoms with Gasteiger partial charge in [0.25, 0.3) is 0 Å². The zero-order chi connectivity index (χ0) is 9.26. The van der Waals surface area contributed by atoms with E-state index in [1.807, 2.05) is 0 Å². The predicted octanol–water partition coefficient (Wildman–Crippen LogP) is 1.52. The van der Waals surface area contributed by atoms with Crippen LogP contribution in [0.4, 0.5) is 0 Å². The van der Waals surface area contributed by atoms with Crippen molar-refractivity contribution in [1.29, 1.82) is 0 Å². The lowest BCUT2D eigenvalue weighted by Crippen LogP contribution is -1.96. The van der Waals surface area contributed by atoms with Gasteiger partial charge in [-0.25, -0.2) is 4.98 Å². The second kappa shape index (κ2) is 3.46. The van der Waals surface area contributed by atoms with E-state index in [1.165, 1.54) is 25.7 Å². The van der Waals surface area contributed by atoms with Crippen LogP contribution in [0, 0.1) is 0 Å². The second-order valence-electron chi connectivity index (χ2n) is 3.74. The van der Waals surface area contributed by atoms with Gasteiger partial charge in [0.2, 0.25) is 0 Å². The molecule has 1 unspecified atom stereocenters. The highest BCUT2D eigenvalue weighted by Gasteiger charge is 2.21. The molecule has 13 heavy (non-hydrogen) atoms. The zero-order valence-electron chi connectivity index (χ0n) is 7.82. The first-order chi connectivity index (χ1) is 6.27. The molecule has 2 rings (SSSR count). The lowest BCUT2D eigenvalue weighted by atomic mass is 10.1. The quantitative estimate of drug-likeness (QED) is 0.727. The number of aromatic amines is 1. The van der Waals surface area contributed by atoms with Crippen LogP contribution in [0.1, 0.15) is 56.3 Å². The predicted molar refractivity (Wildman–Crippen MR) is 48.2 cm³/mol. The summed E-state index contributed by atoms with van der Waals surface area (Å²) in [6.45, 7) is 1.68. The van der Waals surface area contributed by atoms with Gasteiger partial charge in [0.15, 0.2) is 5.82 Å². The summed E-state index contributed by atoms with van der Waals surface area (Å²) in [4.78, 5) is 4.28. The summed E-state index contributed by atoms with van der Waals surface area (Å²) < 4.78 is 0. The minimum Gasteiger partial charge on any atom is -0.385 e. The molecule has 1 fully saturated rings. The summed E-state index contributed by atoms with van der Waals surface area (Å²) in [6.07, 6.45) is 4.42. The molecule has 0 bridgehead atoms. The summed E-state index contributed by atoms with van der Waals surface area (Å²) in [6, 6.07) is 0. The van der Waals surface area contributed by atoms with Gasteiger partial charge in [-0.05, 0) is 19.8 Å². The van der Waals surface area contributed by atoms with Crippen LogP contribution in [-0.4, -0.2) is 20.3 Å². The van der Waals surface area contributed by atoms with E-state index >= 15 is 0 Å². The lowest BCUT2D eigenvalue weighted by molar-refractivity contribution is 0.189. The molecule has 1 heterocycles. The highest BCUT2D eigenvalue weighted by molar-refractivity contribution is 5.00. The third-order valence-corrected chi connectivity index (χ3v) is 2.64. The number of aliphatic hydroxyl groups is 1. The third kappa shape index (κ3) is 1.72. The first-order valence-electron chi connectivity index (χ1n) is 4.87. The van der Waals surface area contributed by atoms with Gasteiger partial charge in [0.05, 0.1) is 0 Å². The number of aliphatic hydroxyl groups excluding tert-OH is 1. The number of H-pyrrole nitrogens is 1. The molecule has 4 heteroatoms. The van der Waals surface area contributed by atoms with Crippen molar-refractivity contribution >= 4 is 0 Å². The van der Waals surface area contributed by atoms with E-state index in [0.29, 0.717) is 11.7 Å². The Hall–Kier alpha value is -0.900. The topological polar surface area (TPSA) is 61.8 Å². The molecule has 1 atom stereocenters. The van der Waals surface area contributed by atoms with E-state index in [1.54, 1.807) is 6.92 Å². The van der Waals surface area contributed by atoms with Gasteiger partial charge in [-0.15, -0.1) is 0 Å². The Bertz CT molecular complexity index is 276. The van der Waals surface area contributed by atoms with Crippen molar-refractivity contribution in [3.8, 4) is 0 Å². The van der Waals surface area contributed by atoms with Crippen molar-refractivity contribution < 1.29 is 5.11 Å². The molecule has 0 amide bonds. The Morgan fingerprint density at radius 3 is 2.69 bits per heavy atom. The summed E-state index contributed by atoms with van der Waals surface area (Å²) in [7, 11) is 0. The molecule has 0 aliphatic heterocycles. The van der Waals surface area contributed by atoms with Crippen molar-refractivity contribution in [2.75, 3.05) is 0 Å². The molecule has 0 spiro atoms. The summed E-state index contributed by atoms with van der Waals surface area (Å²) in [5.74, 6) is 2.01. The molecular weight excluding hydrogens is 166 g/mol. The third-order valence-electron chi connectivity index (χ3n) is 2.64. The largest absolute Gasteiger partial charge is 0.385 e. The number of hydrogen-bond acceptors (Lipinski definition) is 3. The molecule has 0 saturated heterocycles. The maximum absolute atomic E-state index is 9.23. The zero-order valence-corrected chi connectivity index (χ0v) is 7.82. The van der Waals surface area contributed by atoms with Gasteiger partial charge < -0.3 is 5.11 Å². The van der Waals surface area contributed by atoms with Gasteiger partial charge in [0, 0.05) is 5.92 Å². The van der Waals surface area contributed by atoms with Crippen LogP contribution in [0.5, 0.6) is 0 Å². The van der Waals surface area contributed by atoms with Crippen molar-refractivity contribution in [1.82, 2.24) is 15.2 Å². The van der Waals surface area contributed by atoms with Crippen molar-refractivity contribution in [3.63, 3.8) is 0 Å². The minimum atomic E-state index is -0.564. The number of aromatic nitrogens is 3. The molecule has 1 saturated carbocycles. The summed E-state index contributed by atoms with van der Waals surface area (Å²) >= 11 is 0. The molecule has 1 aliphatic rings.